The maximum atomic E-state index is 10.5. The molecule has 0 aromatic carbocycles. The SMILES string of the molecule is Cn1cnc([S-])c1CC(N)C(=O)O. The minimum absolute atomic E-state index is 0.213. The van der Waals surface area contributed by atoms with Crippen molar-refractivity contribution in [3.63, 3.8) is 0 Å². The minimum atomic E-state index is -1.03. The van der Waals surface area contributed by atoms with E-state index in [-0.39, 0.29) is 6.42 Å². The Labute approximate surface area is 81.0 Å². The number of rotatable bonds is 3. The summed E-state index contributed by atoms with van der Waals surface area (Å²) in [4.78, 5) is 14.3. The van der Waals surface area contributed by atoms with Crippen LogP contribution in [0.1, 0.15) is 5.69 Å². The zero-order chi connectivity index (χ0) is 10.0. The molecule has 72 valence electrons. The summed E-state index contributed by atoms with van der Waals surface area (Å²) in [5.41, 5.74) is 6.04. The smallest absolute Gasteiger partial charge is 0.320 e. The third kappa shape index (κ3) is 2.16. The van der Waals surface area contributed by atoms with Crippen molar-refractivity contribution in [1.29, 1.82) is 0 Å². The second-order valence-corrected chi connectivity index (χ2v) is 3.14. The molecule has 3 N–H and O–H groups in total. The highest BCUT2D eigenvalue weighted by Crippen LogP contribution is 2.07. The van der Waals surface area contributed by atoms with Gasteiger partial charge in [-0.1, -0.05) is 5.03 Å². The molecule has 1 rings (SSSR count). The second kappa shape index (κ2) is 3.71. The summed E-state index contributed by atoms with van der Waals surface area (Å²) in [6.07, 6.45) is 1.76. The van der Waals surface area contributed by atoms with Crippen LogP contribution in [0.4, 0.5) is 0 Å². The number of aryl methyl sites for hydroxylation is 1. The van der Waals surface area contributed by atoms with Crippen LogP contribution in [-0.2, 0) is 30.9 Å². The van der Waals surface area contributed by atoms with Crippen molar-refractivity contribution in [3.05, 3.63) is 12.0 Å². The van der Waals surface area contributed by atoms with Crippen molar-refractivity contribution in [2.75, 3.05) is 0 Å². The van der Waals surface area contributed by atoms with Gasteiger partial charge in [0.25, 0.3) is 0 Å². The number of carboxylic acid groups (broad SMARTS) is 1. The van der Waals surface area contributed by atoms with Crippen LogP contribution in [0.5, 0.6) is 0 Å². The molecular formula is C7H10N3O2S-. The number of imidazole rings is 1. The van der Waals surface area contributed by atoms with Crippen molar-refractivity contribution in [2.24, 2.45) is 12.8 Å². The van der Waals surface area contributed by atoms with Crippen LogP contribution < -0.4 is 5.73 Å². The molecule has 1 aromatic heterocycles. The van der Waals surface area contributed by atoms with Gasteiger partial charge < -0.3 is 28.0 Å². The Morgan fingerprint density at radius 1 is 1.92 bits per heavy atom. The predicted molar refractivity (Wildman–Crippen MR) is 48.2 cm³/mol. The maximum absolute atomic E-state index is 10.5. The lowest BCUT2D eigenvalue weighted by Crippen LogP contribution is -2.33. The Bertz CT molecular complexity index is 304. The fourth-order valence-corrected chi connectivity index (χ4v) is 1.24. The molecular weight excluding hydrogens is 190 g/mol. The van der Waals surface area contributed by atoms with E-state index >= 15 is 0 Å². The molecule has 1 aromatic rings. The quantitative estimate of drug-likeness (QED) is 0.629. The van der Waals surface area contributed by atoms with Gasteiger partial charge in [0, 0.05) is 19.2 Å². The zero-order valence-electron chi connectivity index (χ0n) is 7.10. The first kappa shape index (κ1) is 9.94. The fraction of sp³-hybridized carbons (Fsp3) is 0.429. The number of hydrogen-bond acceptors (Lipinski definition) is 4. The molecule has 1 unspecified atom stereocenters. The Balaban J connectivity index is 2.79. The van der Waals surface area contributed by atoms with Gasteiger partial charge in [-0.25, -0.2) is 0 Å². The molecule has 1 heterocycles. The van der Waals surface area contributed by atoms with Crippen LogP contribution in [0.15, 0.2) is 11.4 Å². The van der Waals surface area contributed by atoms with E-state index < -0.39 is 12.0 Å². The van der Waals surface area contributed by atoms with Gasteiger partial charge in [-0.15, -0.1) is 0 Å². The summed E-state index contributed by atoms with van der Waals surface area (Å²) in [6, 6.07) is -0.919. The number of hydrogen-bond donors (Lipinski definition) is 2. The summed E-state index contributed by atoms with van der Waals surface area (Å²) in [7, 11) is 1.76. The lowest BCUT2D eigenvalue weighted by atomic mass is 10.2. The largest absolute Gasteiger partial charge is 0.758 e. The predicted octanol–water partition coefficient (Wildman–Crippen LogP) is -0.720. The molecule has 5 nitrogen and oxygen atoms in total. The number of nitrogens with two attached hydrogens (primary N) is 1. The van der Waals surface area contributed by atoms with Crippen LogP contribution >= 0.6 is 0 Å². The summed E-state index contributed by atoms with van der Waals surface area (Å²) >= 11 is 4.90. The van der Waals surface area contributed by atoms with Crippen molar-refractivity contribution in [1.82, 2.24) is 9.55 Å². The van der Waals surface area contributed by atoms with Crippen LogP contribution in [0.2, 0.25) is 0 Å². The summed E-state index contributed by atoms with van der Waals surface area (Å²) in [6.45, 7) is 0. The van der Waals surface area contributed by atoms with Crippen molar-refractivity contribution in [2.45, 2.75) is 17.5 Å². The third-order valence-electron chi connectivity index (χ3n) is 1.75. The highest BCUT2D eigenvalue weighted by molar-refractivity contribution is 7.58. The average Bonchev–Trinajstić information content (AvgIpc) is 2.35. The number of nitrogens with zero attached hydrogens (tertiary/aromatic N) is 2. The van der Waals surface area contributed by atoms with E-state index in [0.717, 1.165) is 0 Å². The van der Waals surface area contributed by atoms with Gasteiger partial charge in [-0.3, -0.25) is 9.78 Å². The Hall–Kier alpha value is -1.14. The topological polar surface area (TPSA) is 81.1 Å². The highest BCUT2D eigenvalue weighted by Gasteiger charge is 2.13. The van der Waals surface area contributed by atoms with Gasteiger partial charge in [-0.05, 0) is 0 Å². The van der Waals surface area contributed by atoms with Crippen molar-refractivity contribution < 1.29 is 9.90 Å². The molecule has 13 heavy (non-hydrogen) atoms. The molecule has 0 aliphatic carbocycles. The first-order valence-corrected chi connectivity index (χ1v) is 4.08. The molecule has 0 fully saturated rings. The Morgan fingerprint density at radius 2 is 2.54 bits per heavy atom. The van der Waals surface area contributed by atoms with Crippen molar-refractivity contribution in [3.8, 4) is 0 Å². The van der Waals surface area contributed by atoms with Crippen LogP contribution in [0.3, 0.4) is 0 Å². The van der Waals surface area contributed by atoms with E-state index in [1.807, 2.05) is 0 Å². The van der Waals surface area contributed by atoms with E-state index in [2.05, 4.69) is 4.98 Å². The lowest BCUT2D eigenvalue weighted by Gasteiger charge is -2.11. The Kier molecular flexibility index (Phi) is 2.84. The van der Waals surface area contributed by atoms with Gasteiger partial charge in [0.2, 0.25) is 0 Å². The molecule has 0 saturated heterocycles. The number of aliphatic carboxylic acids is 1. The average molecular weight is 200 g/mol. The van der Waals surface area contributed by atoms with Crippen molar-refractivity contribution >= 4 is 18.6 Å². The van der Waals surface area contributed by atoms with Crippen LogP contribution in [0, 0.1) is 0 Å². The highest BCUT2D eigenvalue weighted by atomic mass is 32.1. The Morgan fingerprint density at radius 3 is 2.92 bits per heavy atom. The van der Waals surface area contributed by atoms with E-state index in [1.54, 1.807) is 17.9 Å². The lowest BCUT2D eigenvalue weighted by molar-refractivity contribution is -0.138. The normalized spacial score (nSPS) is 12.8. The van der Waals surface area contributed by atoms with E-state index in [0.29, 0.717) is 10.7 Å². The minimum Gasteiger partial charge on any atom is -0.758 e. The molecule has 0 spiro atoms. The molecule has 6 heteroatoms. The molecule has 0 radical (unpaired) electrons. The second-order valence-electron chi connectivity index (χ2n) is 2.76. The van der Waals surface area contributed by atoms with E-state index in [4.69, 9.17) is 23.5 Å². The molecule has 0 bridgehead atoms. The maximum Gasteiger partial charge on any atom is 0.320 e. The summed E-state index contributed by atoms with van der Waals surface area (Å²) in [5.74, 6) is -1.03. The standard InChI is InChI=1S/C7H11N3O2S/c1-10-3-9-6(13)5(10)2-4(8)7(11)12/h3-4,13H,2,8H2,1H3,(H,11,12)/p-1. The first-order chi connectivity index (χ1) is 6.02. The molecule has 1 atom stereocenters. The number of carboxylic acids is 1. The molecule has 0 aliphatic rings. The molecule has 0 aliphatic heterocycles. The van der Waals surface area contributed by atoms with E-state index in [9.17, 15) is 4.79 Å². The monoisotopic (exact) mass is 200 g/mol. The van der Waals surface area contributed by atoms with Gasteiger partial charge in [0.1, 0.15) is 6.04 Å². The zero-order valence-corrected chi connectivity index (χ0v) is 7.91. The summed E-state index contributed by atoms with van der Waals surface area (Å²) < 4.78 is 1.69. The first-order valence-electron chi connectivity index (χ1n) is 3.68. The third-order valence-corrected chi connectivity index (χ3v) is 2.09. The van der Waals surface area contributed by atoms with Crippen LogP contribution in [0.25, 0.3) is 0 Å². The molecule has 0 amide bonds. The van der Waals surface area contributed by atoms with Gasteiger partial charge >= 0.3 is 5.97 Å². The van der Waals surface area contributed by atoms with Gasteiger partial charge in [0.05, 0.1) is 6.33 Å². The fourth-order valence-electron chi connectivity index (χ4n) is 0.961. The van der Waals surface area contributed by atoms with E-state index in [1.165, 1.54) is 0 Å². The summed E-state index contributed by atoms with van der Waals surface area (Å²) in [5, 5.41) is 8.99. The number of carbonyl (C=O) groups is 1. The van der Waals surface area contributed by atoms with Crippen LogP contribution in [-0.4, -0.2) is 26.7 Å². The molecule has 0 saturated carbocycles. The van der Waals surface area contributed by atoms with Gasteiger partial charge in [-0.2, -0.15) is 0 Å². The van der Waals surface area contributed by atoms with Gasteiger partial charge in [0.15, 0.2) is 0 Å². The number of aromatic nitrogens is 2.